The number of para-hydroxylation sites is 1. The maximum Gasteiger partial charge on any atom is 0.334 e. The number of carboxylic acids is 1. The number of amides is 1. The van der Waals surface area contributed by atoms with Crippen LogP contribution in [0.25, 0.3) is 6.08 Å². The predicted octanol–water partition coefficient (Wildman–Crippen LogP) is 4.50. The van der Waals surface area contributed by atoms with Crippen LogP contribution in [-0.4, -0.2) is 30.6 Å². The molecule has 0 fully saturated rings. The number of hydrogen-bond acceptors (Lipinski definition) is 4. The summed E-state index contributed by atoms with van der Waals surface area (Å²) in [6.07, 6.45) is 3.68. The summed E-state index contributed by atoms with van der Waals surface area (Å²) in [6.45, 7) is 3.72. The minimum atomic E-state index is -1.09. The molecule has 0 saturated carbocycles. The molecular weight excluding hydrogens is 428 g/mol. The zero-order chi connectivity index (χ0) is 23.3. The lowest BCUT2D eigenvalue weighted by Crippen LogP contribution is -2.36. The first-order valence-corrected chi connectivity index (χ1v) is 10.5. The fourth-order valence-corrected chi connectivity index (χ4v) is 4.03. The summed E-state index contributed by atoms with van der Waals surface area (Å²) in [7, 11) is 1.60. The molecule has 2 aromatic carbocycles. The predicted molar refractivity (Wildman–Crippen MR) is 125 cm³/mol. The standard InChI is InChI=1S/C25H25ClN2O4/c1-15-21(24(29)27-13-7-10-17-8-4-5-12-20(17)32-3)23(18-9-6-11-19(26)14-18)22(25(30)31)16(2)28-15/h4-12,14,23,28H,13H2,1-3H3,(H,27,29)(H,30,31)/b10-7+. The molecule has 6 nitrogen and oxygen atoms in total. The Bertz CT molecular complexity index is 1130. The van der Waals surface area contributed by atoms with Gasteiger partial charge < -0.3 is 20.5 Å². The van der Waals surface area contributed by atoms with Crippen molar-refractivity contribution in [2.75, 3.05) is 13.7 Å². The molecule has 0 saturated heterocycles. The van der Waals surface area contributed by atoms with E-state index in [0.717, 1.165) is 11.3 Å². The Morgan fingerprint density at radius 2 is 1.84 bits per heavy atom. The minimum absolute atomic E-state index is 0.118. The van der Waals surface area contributed by atoms with Crippen LogP contribution in [0.4, 0.5) is 0 Å². The lowest BCUT2D eigenvalue weighted by molar-refractivity contribution is -0.133. The molecule has 166 valence electrons. The lowest BCUT2D eigenvalue weighted by atomic mass is 9.80. The van der Waals surface area contributed by atoms with E-state index in [0.29, 0.717) is 27.6 Å². The van der Waals surface area contributed by atoms with Gasteiger partial charge in [0.25, 0.3) is 0 Å². The SMILES string of the molecule is COc1ccccc1/C=C/CNC(=O)C1=C(C)NC(C)=C(C(=O)O)C1c1cccc(Cl)c1. The van der Waals surface area contributed by atoms with Crippen molar-refractivity contribution in [2.45, 2.75) is 19.8 Å². The molecule has 1 heterocycles. The summed E-state index contributed by atoms with van der Waals surface area (Å²) in [6, 6.07) is 14.5. The first-order valence-electron chi connectivity index (χ1n) is 10.1. The number of hydrogen-bond donors (Lipinski definition) is 3. The van der Waals surface area contributed by atoms with Crippen LogP contribution in [0, 0.1) is 0 Å². The van der Waals surface area contributed by atoms with E-state index in [2.05, 4.69) is 10.6 Å². The van der Waals surface area contributed by atoms with Crippen LogP contribution in [0.5, 0.6) is 5.75 Å². The molecule has 3 N–H and O–H groups in total. The van der Waals surface area contributed by atoms with E-state index in [1.165, 1.54) is 0 Å². The van der Waals surface area contributed by atoms with Crippen molar-refractivity contribution in [1.82, 2.24) is 10.6 Å². The van der Waals surface area contributed by atoms with Gasteiger partial charge in [0.1, 0.15) is 5.75 Å². The molecule has 1 atom stereocenters. The molecule has 0 radical (unpaired) electrons. The van der Waals surface area contributed by atoms with Gasteiger partial charge in [-0.3, -0.25) is 4.79 Å². The Hall–Kier alpha value is -3.51. The maximum atomic E-state index is 13.2. The number of ether oxygens (including phenoxy) is 1. The average molecular weight is 453 g/mol. The highest BCUT2D eigenvalue weighted by atomic mass is 35.5. The van der Waals surface area contributed by atoms with Crippen LogP contribution >= 0.6 is 11.6 Å². The van der Waals surface area contributed by atoms with Gasteiger partial charge >= 0.3 is 5.97 Å². The van der Waals surface area contributed by atoms with Crippen LogP contribution in [0.1, 0.15) is 30.9 Å². The quantitative estimate of drug-likeness (QED) is 0.575. The molecule has 2 aromatic rings. The summed E-state index contributed by atoms with van der Waals surface area (Å²) in [5.41, 5.74) is 3.09. The van der Waals surface area contributed by atoms with Crippen molar-refractivity contribution in [3.8, 4) is 5.75 Å². The number of rotatable bonds is 7. The second-order valence-electron chi connectivity index (χ2n) is 7.35. The highest BCUT2D eigenvalue weighted by molar-refractivity contribution is 6.30. The van der Waals surface area contributed by atoms with Gasteiger partial charge in [0.2, 0.25) is 5.91 Å². The van der Waals surface area contributed by atoms with Gasteiger partial charge in [0.15, 0.2) is 0 Å². The lowest BCUT2D eigenvalue weighted by Gasteiger charge is -2.30. The van der Waals surface area contributed by atoms with Gasteiger partial charge in [-0.1, -0.05) is 54.1 Å². The number of carbonyl (C=O) groups excluding carboxylic acids is 1. The molecule has 0 bridgehead atoms. The molecule has 0 aromatic heterocycles. The normalized spacial score (nSPS) is 16.2. The first-order chi connectivity index (χ1) is 15.3. The topological polar surface area (TPSA) is 87.7 Å². The number of aliphatic carboxylic acids is 1. The van der Waals surface area contributed by atoms with Crippen molar-refractivity contribution in [2.24, 2.45) is 0 Å². The van der Waals surface area contributed by atoms with Crippen molar-refractivity contribution in [3.05, 3.63) is 93.3 Å². The molecule has 1 amide bonds. The zero-order valence-corrected chi connectivity index (χ0v) is 18.9. The minimum Gasteiger partial charge on any atom is -0.496 e. The van der Waals surface area contributed by atoms with Crippen molar-refractivity contribution >= 4 is 29.6 Å². The molecule has 1 unspecified atom stereocenters. The van der Waals surface area contributed by atoms with E-state index in [-0.39, 0.29) is 18.0 Å². The second-order valence-corrected chi connectivity index (χ2v) is 7.79. The summed E-state index contributed by atoms with van der Waals surface area (Å²) in [4.78, 5) is 25.2. The van der Waals surface area contributed by atoms with Crippen molar-refractivity contribution in [3.63, 3.8) is 0 Å². The number of halogens is 1. The third kappa shape index (κ3) is 5.03. The monoisotopic (exact) mass is 452 g/mol. The summed E-state index contributed by atoms with van der Waals surface area (Å²) >= 11 is 6.16. The molecule has 32 heavy (non-hydrogen) atoms. The molecular formula is C25H25ClN2O4. The van der Waals surface area contributed by atoms with Gasteiger partial charge in [-0.25, -0.2) is 4.79 Å². The largest absolute Gasteiger partial charge is 0.496 e. The third-order valence-corrected chi connectivity index (χ3v) is 5.47. The number of carboxylic acid groups (broad SMARTS) is 1. The number of benzene rings is 2. The Kier molecular flexibility index (Phi) is 7.38. The fourth-order valence-electron chi connectivity index (χ4n) is 3.83. The van der Waals surface area contributed by atoms with Crippen LogP contribution in [0.3, 0.4) is 0 Å². The Morgan fingerprint density at radius 3 is 2.53 bits per heavy atom. The average Bonchev–Trinajstić information content (AvgIpc) is 2.76. The van der Waals surface area contributed by atoms with Crippen LogP contribution in [0.2, 0.25) is 5.02 Å². The van der Waals surface area contributed by atoms with Gasteiger partial charge in [0.05, 0.1) is 18.6 Å². The first kappa shape index (κ1) is 23.2. The number of dihydropyridines is 1. The fraction of sp³-hybridized carbons (Fsp3) is 0.200. The van der Waals surface area contributed by atoms with Crippen molar-refractivity contribution in [1.29, 1.82) is 0 Å². The molecule has 1 aliphatic rings. The Balaban J connectivity index is 1.86. The molecule has 0 spiro atoms. The van der Waals surface area contributed by atoms with E-state index in [9.17, 15) is 14.7 Å². The molecule has 0 aliphatic carbocycles. The second kappa shape index (κ2) is 10.2. The summed E-state index contributed by atoms with van der Waals surface area (Å²) in [5, 5.41) is 16.3. The van der Waals surface area contributed by atoms with E-state index in [4.69, 9.17) is 16.3 Å². The number of methoxy groups -OCH3 is 1. The van der Waals surface area contributed by atoms with Crippen LogP contribution in [-0.2, 0) is 9.59 Å². The molecule has 1 aliphatic heterocycles. The van der Waals surface area contributed by atoms with E-state index in [1.807, 2.05) is 36.4 Å². The molecule has 3 rings (SSSR count). The summed E-state index contributed by atoms with van der Waals surface area (Å²) < 4.78 is 5.32. The van der Waals surface area contributed by atoms with Gasteiger partial charge in [0, 0.05) is 34.1 Å². The smallest absolute Gasteiger partial charge is 0.334 e. The summed E-state index contributed by atoms with van der Waals surface area (Å²) in [5.74, 6) is -1.45. The highest BCUT2D eigenvalue weighted by Gasteiger charge is 2.36. The Morgan fingerprint density at radius 1 is 1.12 bits per heavy atom. The number of nitrogens with one attached hydrogen (secondary N) is 2. The van der Waals surface area contributed by atoms with Crippen molar-refractivity contribution < 1.29 is 19.4 Å². The van der Waals surface area contributed by atoms with E-state index >= 15 is 0 Å². The van der Waals surface area contributed by atoms with Gasteiger partial charge in [-0.05, 0) is 37.6 Å². The number of allylic oxidation sites excluding steroid dienone is 2. The maximum absolute atomic E-state index is 13.2. The molecule has 7 heteroatoms. The third-order valence-electron chi connectivity index (χ3n) is 5.23. The van der Waals surface area contributed by atoms with E-state index < -0.39 is 11.9 Å². The van der Waals surface area contributed by atoms with Crippen LogP contribution in [0.15, 0.2) is 77.1 Å². The number of carbonyl (C=O) groups is 2. The van der Waals surface area contributed by atoms with E-state index in [1.54, 1.807) is 45.2 Å². The zero-order valence-electron chi connectivity index (χ0n) is 18.1. The highest BCUT2D eigenvalue weighted by Crippen LogP contribution is 2.38. The Labute approximate surface area is 192 Å². The van der Waals surface area contributed by atoms with Crippen LogP contribution < -0.4 is 15.4 Å². The van der Waals surface area contributed by atoms with Gasteiger partial charge in [-0.15, -0.1) is 0 Å². The van der Waals surface area contributed by atoms with Gasteiger partial charge in [-0.2, -0.15) is 0 Å².